The van der Waals surface area contributed by atoms with E-state index in [9.17, 15) is 0 Å². The fourth-order valence-electron chi connectivity index (χ4n) is 1.13. The first-order valence-corrected chi connectivity index (χ1v) is 3.63. The van der Waals surface area contributed by atoms with E-state index < -0.39 is 0 Å². The summed E-state index contributed by atoms with van der Waals surface area (Å²) in [5, 5.41) is 0. The molecule has 0 amide bonds. The van der Waals surface area contributed by atoms with Crippen LogP contribution in [0.5, 0.6) is 0 Å². The van der Waals surface area contributed by atoms with Gasteiger partial charge in [0, 0.05) is 6.54 Å². The Morgan fingerprint density at radius 3 is 2.90 bits per heavy atom. The van der Waals surface area contributed by atoms with Gasteiger partial charge >= 0.3 is 0 Å². The molecule has 0 bridgehead atoms. The molecule has 1 aliphatic carbocycles. The molecule has 0 radical (unpaired) electrons. The van der Waals surface area contributed by atoms with Gasteiger partial charge in [-0.1, -0.05) is 23.8 Å². The summed E-state index contributed by atoms with van der Waals surface area (Å²) in [7, 11) is 0. The van der Waals surface area contributed by atoms with Crippen molar-refractivity contribution in [3.8, 4) is 0 Å². The predicted molar refractivity (Wildman–Crippen MR) is 43.4 cm³/mol. The molecule has 0 spiro atoms. The van der Waals surface area contributed by atoms with E-state index in [0.717, 1.165) is 13.0 Å². The van der Waals surface area contributed by atoms with Crippen molar-refractivity contribution in [3.05, 3.63) is 23.8 Å². The van der Waals surface area contributed by atoms with Crippen LogP contribution in [0.15, 0.2) is 23.8 Å². The van der Waals surface area contributed by atoms with Crippen molar-refractivity contribution in [1.82, 2.24) is 0 Å². The Hall–Kier alpha value is -0.600. The van der Waals surface area contributed by atoms with Crippen LogP contribution in [-0.4, -0.2) is 13.1 Å². The van der Waals surface area contributed by atoms with Crippen molar-refractivity contribution in [2.24, 2.45) is 17.4 Å². The highest BCUT2D eigenvalue weighted by molar-refractivity contribution is 5.20. The molecule has 1 atom stereocenters. The molecule has 1 aliphatic rings. The average molecular weight is 138 g/mol. The van der Waals surface area contributed by atoms with Crippen LogP contribution >= 0.6 is 0 Å². The summed E-state index contributed by atoms with van der Waals surface area (Å²) in [6.07, 6.45) is 7.30. The second-order valence-electron chi connectivity index (χ2n) is 2.61. The highest BCUT2D eigenvalue weighted by atomic mass is 14.6. The van der Waals surface area contributed by atoms with Gasteiger partial charge in [0.15, 0.2) is 0 Å². The zero-order chi connectivity index (χ0) is 7.40. The van der Waals surface area contributed by atoms with Gasteiger partial charge < -0.3 is 11.5 Å². The first kappa shape index (κ1) is 7.51. The maximum absolute atomic E-state index is 5.50. The highest BCUT2D eigenvalue weighted by Crippen LogP contribution is 2.15. The van der Waals surface area contributed by atoms with Crippen molar-refractivity contribution in [2.75, 3.05) is 13.1 Å². The lowest BCUT2D eigenvalue weighted by Crippen LogP contribution is -2.17. The van der Waals surface area contributed by atoms with Crippen LogP contribution in [0.1, 0.15) is 6.42 Å². The zero-order valence-electron chi connectivity index (χ0n) is 6.09. The van der Waals surface area contributed by atoms with Crippen LogP contribution < -0.4 is 11.5 Å². The molecular weight excluding hydrogens is 124 g/mol. The second-order valence-corrected chi connectivity index (χ2v) is 2.61. The topological polar surface area (TPSA) is 52.0 Å². The van der Waals surface area contributed by atoms with E-state index in [0.29, 0.717) is 12.5 Å². The molecule has 0 heterocycles. The molecule has 10 heavy (non-hydrogen) atoms. The summed E-state index contributed by atoms with van der Waals surface area (Å²) in [4.78, 5) is 0. The number of allylic oxidation sites excluding steroid dienone is 2. The minimum atomic E-state index is 0.517. The Kier molecular flexibility index (Phi) is 2.66. The monoisotopic (exact) mass is 138 g/mol. The van der Waals surface area contributed by atoms with E-state index in [1.807, 2.05) is 6.08 Å². The van der Waals surface area contributed by atoms with Crippen molar-refractivity contribution in [1.29, 1.82) is 0 Å². The van der Waals surface area contributed by atoms with Gasteiger partial charge in [0.25, 0.3) is 0 Å². The molecule has 1 unspecified atom stereocenters. The quantitative estimate of drug-likeness (QED) is 0.580. The van der Waals surface area contributed by atoms with Crippen LogP contribution in [0.4, 0.5) is 0 Å². The van der Waals surface area contributed by atoms with Crippen molar-refractivity contribution in [2.45, 2.75) is 6.42 Å². The van der Waals surface area contributed by atoms with Crippen LogP contribution in [0, 0.1) is 5.92 Å². The average Bonchev–Trinajstić information content (AvgIpc) is 2.05. The number of hydrogen-bond acceptors (Lipinski definition) is 2. The molecular formula is C8H14N2. The molecule has 1 rings (SSSR count). The largest absolute Gasteiger partial charge is 0.330 e. The molecule has 2 heteroatoms. The summed E-state index contributed by atoms with van der Waals surface area (Å²) >= 11 is 0. The Bertz CT molecular complexity index is 159. The van der Waals surface area contributed by atoms with Gasteiger partial charge in [0.05, 0.1) is 0 Å². The Labute approximate surface area is 61.6 Å². The summed E-state index contributed by atoms with van der Waals surface area (Å²) in [5.41, 5.74) is 12.3. The molecule has 4 N–H and O–H groups in total. The lowest BCUT2D eigenvalue weighted by atomic mass is 9.95. The van der Waals surface area contributed by atoms with Crippen molar-refractivity contribution in [3.63, 3.8) is 0 Å². The molecule has 0 saturated carbocycles. The third kappa shape index (κ3) is 1.69. The van der Waals surface area contributed by atoms with Gasteiger partial charge in [-0.25, -0.2) is 0 Å². The zero-order valence-corrected chi connectivity index (χ0v) is 6.09. The van der Waals surface area contributed by atoms with Crippen LogP contribution in [0.25, 0.3) is 0 Å². The molecule has 0 aliphatic heterocycles. The lowest BCUT2D eigenvalue weighted by molar-refractivity contribution is 0.640. The van der Waals surface area contributed by atoms with Gasteiger partial charge in [-0.2, -0.15) is 0 Å². The Morgan fingerprint density at radius 2 is 2.30 bits per heavy atom. The minimum absolute atomic E-state index is 0.517. The lowest BCUT2D eigenvalue weighted by Gasteiger charge is -2.14. The molecule has 0 aromatic rings. The van der Waals surface area contributed by atoms with E-state index in [1.54, 1.807) is 0 Å². The van der Waals surface area contributed by atoms with Gasteiger partial charge in [0.1, 0.15) is 0 Å². The predicted octanol–water partition coefficient (Wildman–Crippen LogP) is 0.406. The highest BCUT2D eigenvalue weighted by Gasteiger charge is 2.07. The molecule has 0 aromatic carbocycles. The van der Waals surface area contributed by atoms with E-state index in [-0.39, 0.29) is 0 Å². The van der Waals surface area contributed by atoms with Crippen molar-refractivity contribution < 1.29 is 0 Å². The second kappa shape index (κ2) is 3.54. The molecule has 56 valence electrons. The summed E-state index contributed by atoms with van der Waals surface area (Å²) in [6.45, 7) is 1.40. The fraction of sp³-hybridized carbons (Fsp3) is 0.500. The Morgan fingerprint density at radius 1 is 1.50 bits per heavy atom. The van der Waals surface area contributed by atoms with E-state index in [2.05, 4.69) is 12.2 Å². The minimum Gasteiger partial charge on any atom is -0.330 e. The standard InChI is InChI=1S/C8H14N2/c9-5-7-2-1-3-8(4-7)6-10/h1-3,7H,4-6,9-10H2. The number of hydrogen-bond donors (Lipinski definition) is 2. The third-order valence-electron chi connectivity index (χ3n) is 1.80. The first-order valence-electron chi connectivity index (χ1n) is 3.63. The van der Waals surface area contributed by atoms with Crippen LogP contribution in [-0.2, 0) is 0 Å². The van der Waals surface area contributed by atoms with E-state index >= 15 is 0 Å². The molecule has 0 fully saturated rings. The first-order chi connectivity index (χ1) is 4.86. The third-order valence-corrected chi connectivity index (χ3v) is 1.80. The summed E-state index contributed by atoms with van der Waals surface area (Å²) in [5.74, 6) is 0.517. The van der Waals surface area contributed by atoms with E-state index in [4.69, 9.17) is 11.5 Å². The van der Waals surface area contributed by atoms with Gasteiger partial charge in [-0.3, -0.25) is 0 Å². The molecule has 0 saturated heterocycles. The number of rotatable bonds is 2. The molecule has 2 nitrogen and oxygen atoms in total. The van der Waals surface area contributed by atoms with Crippen LogP contribution in [0.2, 0.25) is 0 Å². The maximum atomic E-state index is 5.50. The van der Waals surface area contributed by atoms with E-state index in [1.165, 1.54) is 5.57 Å². The van der Waals surface area contributed by atoms with Gasteiger partial charge in [0.2, 0.25) is 0 Å². The normalized spacial score (nSPS) is 24.6. The van der Waals surface area contributed by atoms with Crippen molar-refractivity contribution >= 4 is 0 Å². The number of nitrogens with two attached hydrogens (primary N) is 2. The SMILES string of the molecule is NCC1=CC=CC(CN)C1. The van der Waals surface area contributed by atoms with Crippen LogP contribution in [0.3, 0.4) is 0 Å². The Balaban J connectivity index is 2.50. The fourth-order valence-corrected chi connectivity index (χ4v) is 1.13. The maximum Gasteiger partial charge on any atom is 0.0140 e. The molecule has 0 aromatic heterocycles. The summed E-state index contributed by atoms with van der Waals surface area (Å²) in [6, 6.07) is 0. The van der Waals surface area contributed by atoms with Gasteiger partial charge in [-0.15, -0.1) is 0 Å². The smallest absolute Gasteiger partial charge is 0.0140 e. The van der Waals surface area contributed by atoms with Gasteiger partial charge in [-0.05, 0) is 18.9 Å². The summed E-state index contributed by atoms with van der Waals surface area (Å²) < 4.78 is 0.